The molecule has 26 heavy (non-hydrogen) atoms. The van der Waals surface area contributed by atoms with Crippen molar-refractivity contribution in [3.63, 3.8) is 0 Å². The molecule has 4 rings (SSSR count). The smallest absolute Gasteiger partial charge is 0.0836 e. The Morgan fingerprint density at radius 3 is 2.85 bits per heavy atom. The van der Waals surface area contributed by atoms with Crippen molar-refractivity contribution >= 4 is 0 Å². The number of rotatable bonds is 6. The van der Waals surface area contributed by atoms with Crippen LogP contribution in [0.2, 0.25) is 0 Å². The van der Waals surface area contributed by atoms with Gasteiger partial charge in [-0.05, 0) is 50.1 Å². The van der Waals surface area contributed by atoms with Crippen LogP contribution in [0.4, 0.5) is 0 Å². The van der Waals surface area contributed by atoms with Crippen molar-refractivity contribution in [3.8, 4) is 0 Å². The number of hydrogen-bond donors (Lipinski definition) is 0. The third-order valence-corrected chi connectivity index (χ3v) is 6.26. The summed E-state index contributed by atoms with van der Waals surface area (Å²) >= 11 is 0. The van der Waals surface area contributed by atoms with Crippen molar-refractivity contribution in [2.45, 2.75) is 50.2 Å². The Morgan fingerprint density at radius 1 is 1.15 bits per heavy atom. The van der Waals surface area contributed by atoms with Crippen LogP contribution in [-0.2, 0) is 20.6 Å². The van der Waals surface area contributed by atoms with Gasteiger partial charge in [0.15, 0.2) is 0 Å². The van der Waals surface area contributed by atoms with Crippen LogP contribution in [0.25, 0.3) is 0 Å². The lowest BCUT2D eigenvalue weighted by Crippen LogP contribution is -2.48. The lowest BCUT2D eigenvalue weighted by atomic mass is 9.89. The molecule has 3 aliphatic rings. The molecule has 0 bridgehead atoms. The molecular formula is C22H33NO3. The first-order valence-corrected chi connectivity index (χ1v) is 10.4. The van der Waals surface area contributed by atoms with Crippen LogP contribution in [0.3, 0.4) is 0 Å². The first-order chi connectivity index (χ1) is 12.8. The topological polar surface area (TPSA) is 30.9 Å². The molecule has 1 aromatic rings. The third kappa shape index (κ3) is 4.86. The molecule has 4 nitrogen and oxygen atoms in total. The minimum atomic E-state index is 0.0370. The lowest BCUT2D eigenvalue weighted by molar-refractivity contribution is -0.0533. The van der Waals surface area contributed by atoms with E-state index in [0.717, 1.165) is 65.2 Å². The molecule has 0 saturated carbocycles. The zero-order valence-electron chi connectivity index (χ0n) is 15.9. The van der Waals surface area contributed by atoms with Crippen LogP contribution in [-0.4, -0.2) is 62.7 Å². The standard InChI is InChI=1S/C22H33NO3/c1-2-5-19(6-3-1)7-12-23-11-4-10-22(18-23)15-21(17-26-22)25-16-20-8-13-24-14-9-20/h1-3,5-6,20-21H,4,7-18H2/t21-,22+/m1/s1. The number of benzene rings is 1. The molecule has 3 heterocycles. The Balaban J connectivity index is 1.23. The zero-order chi connectivity index (χ0) is 17.7. The van der Waals surface area contributed by atoms with Gasteiger partial charge in [-0.2, -0.15) is 0 Å². The summed E-state index contributed by atoms with van der Waals surface area (Å²) in [5.41, 5.74) is 1.46. The molecule has 0 aromatic heterocycles. The summed E-state index contributed by atoms with van der Waals surface area (Å²) in [6.07, 6.45) is 7.19. The summed E-state index contributed by atoms with van der Waals surface area (Å²) in [5.74, 6) is 0.675. The third-order valence-electron chi connectivity index (χ3n) is 6.26. The van der Waals surface area contributed by atoms with Gasteiger partial charge >= 0.3 is 0 Å². The van der Waals surface area contributed by atoms with Gasteiger partial charge in [-0.1, -0.05) is 30.3 Å². The molecule has 3 saturated heterocycles. The maximum atomic E-state index is 6.32. The Kier molecular flexibility index (Phi) is 6.26. The normalized spacial score (nSPS) is 30.8. The monoisotopic (exact) mass is 359 g/mol. The maximum Gasteiger partial charge on any atom is 0.0836 e. The molecular weight excluding hydrogens is 326 g/mol. The van der Waals surface area contributed by atoms with E-state index in [1.807, 2.05) is 0 Å². The van der Waals surface area contributed by atoms with Crippen molar-refractivity contribution in [1.82, 2.24) is 4.90 Å². The lowest BCUT2D eigenvalue weighted by Gasteiger charge is -2.39. The second-order valence-electron chi connectivity index (χ2n) is 8.32. The second kappa shape index (κ2) is 8.83. The van der Waals surface area contributed by atoms with Gasteiger partial charge in [0, 0.05) is 32.7 Å². The van der Waals surface area contributed by atoms with E-state index in [1.54, 1.807) is 0 Å². The van der Waals surface area contributed by atoms with Crippen molar-refractivity contribution in [1.29, 1.82) is 0 Å². The highest BCUT2D eigenvalue weighted by molar-refractivity contribution is 5.15. The Morgan fingerprint density at radius 2 is 2.00 bits per heavy atom. The van der Waals surface area contributed by atoms with Crippen molar-refractivity contribution in [2.75, 3.05) is 46.1 Å². The van der Waals surface area contributed by atoms with Crippen molar-refractivity contribution in [2.24, 2.45) is 5.92 Å². The van der Waals surface area contributed by atoms with E-state index in [1.165, 1.54) is 24.9 Å². The molecule has 1 aromatic carbocycles. The van der Waals surface area contributed by atoms with Gasteiger partial charge in [-0.25, -0.2) is 0 Å². The van der Waals surface area contributed by atoms with Crippen LogP contribution in [0, 0.1) is 5.92 Å². The molecule has 0 unspecified atom stereocenters. The molecule has 0 N–H and O–H groups in total. The molecule has 0 amide bonds. The van der Waals surface area contributed by atoms with Crippen molar-refractivity contribution in [3.05, 3.63) is 35.9 Å². The molecule has 144 valence electrons. The summed E-state index contributed by atoms with van der Waals surface area (Å²) in [7, 11) is 0. The highest BCUT2D eigenvalue weighted by Crippen LogP contribution is 2.36. The molecule has 4 heteroatoms. The first kappa shape index (κ1) is 18.4. The number of hydrogen-bond acceptors (Lipinski definition) is 4. The fourth-order valence-corrected chi connectivity index (χ4v) is 4.69. The minimum Gasteiger partial charge on any atom is -0.381 e. The van der Waals surface area contributed by atoms with E-state index in [4.69, 9.17) is 14.2 Å². The largest absolute Gasteiger partial charge is 0.381 e. The van der Waals surface area contributed by atoms with Gasteiger partial charge in [0.25, 0.3) is 0 Å². The quantitative estimate of drug-likeness (QED) is 0.780. The van der Waals surface area contributed by atoms with Gasteiger partial charge in [-0.15, -0.1) is 0 Å². The summed E-state index contributed by atoms with van der Waals surface area (Å²) in [4.78, 5) is 2.59. The fourth-order valence-electron chi connectivity index (χ4n) is 4.69. The highest BCUT2D eigenvalue weighted by Gasteiger charge is 2.43. The predicted molar refractivity (Wildman–Crippen MR) is 102 cm³/mol. The average molecular weight is 360 g/mol. The van der Waals surface area contributed by atoms with E-state index < -0.39 is 0 Å². The summed E-state index contributed by atoms with van der Waals surface area (Å²) in [6.45, 7) is 6.84. The molecule has 0 aliphatic carbocycles. The van der Waals surface area contributed by atoms with Gasteiger partial charge in [0.05, 0.1) is 24.9 Å². The SMILES string of the molecule is c1ccc(CCN2CCC[C@]3(C[C@@H](OCC4CCOCC4)CO3)C2)cc1. The number of likely N-dealkylation sites (tertiary alicyclic amines) is 1. The molecule has 0 radical (unpaired) electrons. The Bertz CT molecular complexity index is 546. The Hall–Kier alpha value is -0.940. The number of ether oxygens (including phenoxy) is 3. The van der Waals surface area contributed by atoms with Crippen LogP contribution in [0.15, 0.2) is 30.3 Å². The first-order valence-electron chi connectivity index (χ1n) is 10.4. The predicted octanol–water partition coefficient (Wildman–Crippen LogP) is 3.30. The molecule has 3 aliphatic heterocycles. The van der Waals surface area contributed by atoms with E-state index >= 15 is 0 Å². The van der Waals surface area contributed by atoms with Crippen LogP contribution >= 0.6 is 0 Å². The number of piperidine rings is 1. The Labute approximate surface area is 157 Å². The van der Waals surface area contributed by atoms with Crippen LogP contribution in [0.5, 0.6) is 0 Å². The number of nitrogens with zero attached hydrogens (tertiary/aromatic N) is 1. The van der Waals surface area contributed by atoms with Gasteiger partial charge < -0.3 is 19.1 Å². The minimum absolute atomic E-state index is 0.0370. The van der Waals surface area contributed by atoms with Gasteiger partial charge in [0.1, 0.15) is 0 Å². The van der Waals surface area contributed by atoms with E-state index in [2.05, 4.69) is 35.2 Å². The highest BCUT2D eigenvalue weighted by atomic mass is 16.6. The van der Waals surface area contributed by atoms with Crippen molar-refractivity contribution < 1.29 is 14.2 Å². The van der Waals surface area contributed by atoms with Crippen LogP contribution in [0.1, 0.15) is 37.7 Å². The molecule has 2 atom stereocenters. The molecule has 3 fully saturated rings. The van der Waals surface area contributed by atoms with E-state index in [0.29, 0.717) is 5.92 Å². The summed E-state index contributed by atoms with van der Waals surface area (Å²) < 4.78 is 18.0. The van der Waals surface area contributed by atoms with Crippen LogP contribution < -0.4 is 0 Å². The van der Waals surface area contributed by atoms with Gasteiger partial charge in [-0.3, -0.25) is 0 Å². The second-order valence-corrected chi connectivity index (χ2v) is 8.32. The van der Waals surface area contributed by atoms with E-state index in [9.17, 15) is 0 Å². The summed E-state index contributed by atoms with van der Waals surface area (Å²) in [6, 6.07) is 10.8. The summed E-state index contributed by atoms with van der Waals surface area (Å²) in [5, 5.41) is 0. The fraction of sp³-hybridized carbons (Fsp3) is 0.727. The van der Waals surface area contributed by atoms with Gasteiger partial charge in [0.2, 0.25) is 0 Å². The zero-order valence-corrected chi connectivity index (χ0v) is 15.9. The maximum absolute atomic E-state index is 6.32. The average Bonchev–Trinajstić information content (AvgIpc) is 3.08. The van der Waals surface area contributed by atoms with E-state index in [-0.39, 0.29) is 11.7 Å². The molecule has 1 spiro atoms.